The van der Waals surface area contributed by atoms with Crippen LogP contribution < -0.4 is 0 Å². The van der Waals surface area contributed by atoms with Crippen LogP contribution in [0.1, 0.15) is 0 Å². The van der Waals surface area contributed by atoms with Gasteiger partial charge in [-0.15, -0.1) is 0 Å². The van der Waals surface area contributed by atoms with Crippen molar-refractivity contribution in [2.24, 2.45) is 0 Å². The molecule has 0 aliphatic rings. The van der Waals surface area contributed by atoms with Crippen LogP contribution in [0.25, 0.3) is 99.2 Å². The van der Waals surface area contributed by atoms with Crippen LogP contribution in [0, 0.1) is 0 Å². The molecule has 0 saturated carbocycles. The van der Waals surface area contributed by atoms with Gasteiger partial charge in [-0.25, -0.2) is 0 Å². The smallest absolute Gasteiger partial charge is 0.147 e. The number of fused-ring (bicyclic) bond motifs is 7. The van der Waals surface area contributed by atoms with E-state index in [9.17, 15) is 0 Å². The Morgan fingerprint density at radius 2 is 0.792 bits per heavy atom. The minimum absolute atomic E-state index is 0.809. The van der Waals surface area contributed by atoms with E-state index in [0.29, 0.717) is 0 Å². The Balaban J connectivity index is 1.33. The first-order chi connectivity index (χ1) is 23.8. The van der Waals surface area contributed by atoms with E-state index in [1.165, 1.54) is 38.2 Å². The fraction of sp³-hybridized carbons (Fsp3) is 0. The molecule has 48 heavy (non-hydrogen) atoms. The fourth-order valence-electron chi connectivity index (χ4n) is 7.68. The Morgan fingerprint density at radius 3 is 1.40 bits per heavy atom. The molecule has 2 heteroatoms. The van der Waals surface area contributed by atoms with Crippen molar-refractivity contribution in [2.45, 2.75) is 0 Å². The third-order valence-electron chi connectivity index (χ3n) is 9.68. The number of rotatable bonds is 4. The lowest BCUT2D eigenvalue weighted by Gasteiger charge is -2.18. The quantitative estimate of drug-likeness (QED) is 0.185. The topological polar surface area (TPSA) is 26.3 Å². The summed E-state index contributed by atoms with van der Waals surface area (Å²) < 4.78 is 13.6. The average molecular weight is 613 g/mol. The molecule has 0 unspecified atom stereocenters. The second-order valence-corrected chi connectivity index (χ2v) is 12.3. The summed E-state index contributed by atoms with van der Waals surface area (Å²) in [6.07, 6.45) is 0. The zero-order chi connectivity index (χ0) is 31.6. The highest BCUT2D eigenvalue weighted by Crippen LogP contribution is 2.50. The van der Waals surface area contributed by atoms with Gasteiger partial charge >= 0.3 is 0 Å². The molecule has 2 nitrogen and oxygen atoms in total. The van der Waals surface area contributed by atoms with Crippen molar-refractivity contribution in [2.75, 3.05) is 0 Å². The molecule has 0 amide bonds. The van der Waals surface area contributed by atoms with Crippen LogP contribution in [0.3, 0.4) is 0 Å². The molecule has 0 aliphatic heterocycles. The standard InChI is InChI=1S/C46H28O2/c1-4-15-29(16-5-1)40-32-21-10-12-23-34(32)42(35-24-13-11-22-33(35)40)36-25-14-26-38-43(36)37-27-28-39-44(46(37)48-38)41(30-17-6-2-7-18-30)45(47-39)31-19-8-3-9-20-31/h1-28H. The first kappa shape index (κ1) is 26.8. The summed E-state index contributed by atoms with van der Waals surface area (Å²) in [6.45, 7) is 0. The van der Waals surface area contributed by atoms with E-state index in [1.807, 2.05) is 6.07 Å². The summed E-state index contributed by atoms with van der Waals surface area (Å²) in [7, 11) is 0. The van der Waals surface area contributed by atoms with E-state index in [1.54, 1.807) is 0 Å². The molecule has 0 atom stereocenters. The normalized spacial score (nSPS) is 11.8. The Kier molecular flexibility index (Phi) is 5.91. The lowest BCUT2D eigenvalue weighted by molar-refractivity contribution is 0.631. The van der Waals surface area contributed by atoms with Gasteiger partial charge in [0.25, 0.3) is 0 Å². The van der Waals surface area contributed by atoms with Gasteiger partial charge < -0.3 is 8.83 Å². The Hall–Kier alpha value is -6.38. The van der Waals surface area contributed by atoms with Crippen molar-refractivity contribution >= 4 is 54.5 Å². The molecule has 8 aromatic carbocycles. The molecule has 0 bridgehead atoms. The molecule has 0 radical (unpaired) electrons. The van der Waals surface area contributed by atoms with Crippen molar-refractivity contribution in [3.63, 3.8) is 0 Å². The second kappa shape index (κ2) is 10.6. The van der Waals surface area contributed by atoms with Gasteiger partial charge in [0.1, 0.15) is 22.5 Å². The molecular weight excluding hydrogens is 585 g/mol. The molecule has 10 rings (SSSR count). The van der Waals surface area contributed by atoms with E-state index >= 15 is 0 Å². The molecule has 0 fully saturated rings. The first-order valence-corrected chi connectivity index (χ1v) is 16.4. The summed E-state index contributed by atoms with van der Waals surface area (Å²) in [5.74, 6) is 0.846. The van der Waals surface area contributed by atoms with Crippen molar-refractivity contribution in [3.05, 3.63) is 170 Å². The number of benzene rings is 8. The summed E-state index contributed by atoms with van der Waals surface area (Å²) in [4.78, 5) is 0. The predicted molar refractivity (Wildman–Crippen MR) is 200 cm³/mol. The monoisotopic (exact) mass is 612 g/mol. The fourth-order valence-corrected chi connectivity index (χ4v) is 7.68. The molecule has 0 aliphatic carbocycles. The summed E-state index contributed by atoms with van der Waals surface area (Å²) in [5, 5.41) is 8.09. The summed E-state index contributed by atoms with van der Waals surface area (Å²) in [6, 6.07) is 60.0. The highest BCUT2D eigenvalue weighted by molar-refractivity contribution is 6.28. The molecular formula is C46H28O2. The highest BCUT2D eigenvalue weighted by atomic mass is 16.3. The highest BCUT2D eigenvalue weighted by Gasteiger charge is 2.25. The molecule has 0 N–H and O–H groups in total. The first-order valence-electron chi connectivity index (χ1n) is 16.4. The largest absolute Gasteiger partial charge is 0.455 e. The second-order valence-electron chi connectivity index (χ2n) is 12.3. The van der Waals surface area contributed by atoms with Crippen LogP contribution in [0.15, 0.2) is 179 Å². The van der Waals surface area contributed by atoms with Crippen molar-refractivity contribution in [3.8, 4) is 44.7 Å². The molecule has 224 valence electrons. The molecule has 2 heterocycles. The summed E-state index contributed by atoms with van der Waals surface area (Å²) in [5.41, 5.74) is 10.5. The minimum Gasteiger partial charge on any atom is -0.455 e. The van der Waals surface area contributed by atoms with Crippen LogP contribution in [-0.2, 0) is 0 Å². The van der Waals surface area contributed by atoms with E-state index in [4.69, 9.17) is 8.83 Å². The van der Waals surface area contributed by atoms with Gasteiger partial charge in [0.15, 0.2) is 0 Å². The van der Waals surface area contributed by atoms with Crippen LogP contribution in [0.5, 0.6) is 0 Å². The Labute approximate surface area is 277 Å². The van der Waals surface area contributed by atoms with E-state index in [0.717, 1.165) is 60.9 Å². The zero-order valence-electron chi connectivity index (χ0n) is 26.0. The van der Waals surface area contributed by atoms with Crippen molar-refractivity contribution < 1.29 is 8.83 Å². The van der Waals surface area contributed by atoms with Gasteiger partial charge in [0, 0.05) is 21.9 Å². The van der Waals surface area contributed by atoms with Gasteiger partial charge in [-0.05, 0) is 67.6 Å². The predicted octanol–water partition coefficient (Wildman–Crippen LogP) is 13.3. The van der Waals surface area contributed by atoms with Gasteiger partial charge in [-0.1, -0.05) is 152 Å². The third kappa shape index (κ3) is 3.93. The van der Waals surface area contributed by atoms with Crippen LogP contribution in [0.2, 0.25) is 0 Å². The van der Waals surface area contributed by atoms with Crippen molar-refractivity contribution in [1.29, 1.82) is 0 Å². The molecule has 0 saturated heterocycles. The average Bonchev–Trinajstić information content (AvgIpc) is 3.74. The van der Waals surface area contributed by atoms with E-state index in [-0.39, 0.29) is 0 Å². The van der Waals surface area contributed by atoms with E-state index in [2.05, 4.69) is 164 Å². The van der Waals surface area contributed by atoms with Gasteiger partial charge in [-0.3, -0.25) is 0 Å². The molecule has 10 aromatic rings. The van der Waals surface area contributed by atoms with Gasteiger partial charge in [0.05, 0.1) is 5.39 Å². The Morgan fingerprint density at radius 1 is 0.292 bits per heavy atom. The lowest BCUT2D eigenvalue weighted by atomic mass is 9.85. The molecule has 2 aromatic heterocycles. The lowest BCUT2D eigenvalue weighted by Crippen LogP contribution is -1.91. The zero-order valence-corrected chi connectivity index (χ0v) is 26.0. The number of furan rings is 2. The minimum atomic E-state index is 0.809. The molecule has 0 spiro atoms. The van der Waals surface area contributed by atoms with Crippen molar-refractivity contribution in [1.82, 2.24) is 0 Å². The van der Waals surface area contributed by atoms with E-state index < -0.39 is 0 Å². The Bertz CT molecular complexity index is 2750. The van der Waals surface area contributed by atoms with Gasteiger partial charge in [-0.2, -0.15) is 0 Å². The third-order valence-corrected chi connectivity index (χ3v) is 9.68. The maximum atomic E-state index is 6.90. The van der Waals surface area contributed by atoms with Crippen LogP contribution in [-0.4, -0.2) is 0 Å². The SMILES string of the molecule is c1ccc(-c2oc3ccc4c(oc5cccc(-c6c7ccccc7c(-c7ccccc7)c7ccccc67)c54)c3c2-c2ccccc2)cc1. The summed E-state index contributed by atoms with van der Waals surface area (Å²) >= 11 is 0. The van der Waals surface area contributed by atoms with Crippen LogP contribution in [0.4, 0.5) is 0 Å². The number of hydrogen-bond donors (Lipinski definition) is 0. The maximum absolute atomic E-state index is 6.90. The number of hydrogen-bond acceptors (Lipinski definition) is 2. The maximum Gasteiger partial charge on any atom is 0.147 e. The van der Waals surface area contributed by atoms with Gasteiger partial charge in [0.2, 0.25) is 0 Å². The van der Waals surface area contributed by atoms with Crippen LogP contribution >= 0.6 is 0 Å².